The number of thioether (sulfide) groups is 1. The van der Waals surface area contributed by atoms with Gasteiger partial charge in [-0.3, -0.25) is 11.3 Å². The third-order valence-electron chi connectivity index (χ3n) is 3.89. The molecule has 0 heterocycles. The van der Waals surface area contributed by atoms with Crippen molar-refractivity contribution in [3.63, 3.8) is 0 Å². The van der Waals surface area contributed by atoms with E-state index in [1.165, 1.54) is 44.2 Å². The summed E-state index contributed by atoms with van der Waals surface area (Å²) < 4.78 is 37.6. The van der Waals surface area contributed by atoms with Crippen molar-refractivity contribution in [3.05, 3.63) is 35.4 Å². The molecule has 0 aliphatic heterocycles. The number of alkyl halides is 3. The Balaban J connectivity index is 1.93. The van der Waals surface area contributed by atoms with Gasteiger partial charge < -0.3 is 0 Å². The Kier molecular flexibility index (Phi) is 5.96. The van der Waals surface area contributed by atoms with Gasteiger partial charge in [0.05, 0.1) is 11.6 Å². The summed E-state index contributed by atoms with van der Waals surface area (Å²) in [5.41, 5.74) is 2.89. The van der Waals surface area contributed by atoms with Gasteiger partial charge in [-0.2, -0.15) is 24.9 Å². The highest BCUT2D eigenvalue weighted by Crippen LogP contribution is 2.32. The van der Waals surface area contributed by atoms with Gasteiger partial charge in [0.1, 0.15) is 0 Å². The highest BCUT2D eigenvalue weighted by molar-refractivity contribution is 7.99. The first-order valence-corrected chi connectivity index (χ1v) is 8.30. The van der Waals surface area contributed by atoms with Gasteiger partial charge in [0.15, 0.2) is 0 Å². The quantitative estimate of drug-likeness (QED) is 0.629. The monoisotopic (exact) mass is 318 g/mol. The summed E-state index contributed by atoms with van der Waals surface area (Å²) in [4.78, 5) is 0. The van der Waals surface area contributed by atoms with Gasteiger partial charge in [0.25, 0.3) is 0 Å². The summed E-state index contributed by atoms with van der Waals surface area (Å²) in [6, 6.07) is 5.14. The minimum atomic E-state index is -4.29. The summed E-state index contributed by atoms with van der Waals surface area (Å²) in [5, 5.41) is 0.657. The first kappa shape index (κ1) is 16.6. The topological polar surface area (TPSA) is 38.0 Å². The maximum Gasteiger partial charge on any atom is 0.416 e. The number of hydrazine groups is 1. The van der Waals surface area contributed by atoms with Crippen LogP contribution in [-0.2, 0) is 6.18 Å². The molecule has 0 amide bonds. The lowest BCUT2D eigenvalue weighted by molar-refractivity contribution is -0.137. The van der Waals surface area contributed by atoms with Crippen molar-refractivity contribution in [1.82, 2.24) is 5.43 Å². The fourth-order valence-electron chi connectivity index (χ4n) is 2.61. The van der Waals surface area contributed by atoms with E-state index in [0.717, 1.165) is 23.4 Å². The molecule has 1 atom stereocenters. The number of halogens is 3. The Bertz CT molecular complexity index is 428. The molecular formula is C15H21F3N2S. The van der Waals surface area contributed by atoms with E-state index in [1.807, 2.05) is 11.8 Å². The fourth-order valence-corrected chi connectivity index (χ4v) is 4.03. The zero-order chi connectivity index (χ0) is 15.3. The Morgan fingerprint density at radius 2 is 1.76 bits per heavy atom. The van der Waals surface area contributed by atoms with Crippen LogP contribution in [0.1, 0.15) is 49.3 Å². The summed E-state index contributed by atoms with van der Waals surface area (Å²) >= 11 is 1.87. The maximum absolute atomic E-state index is 12.5. The molecule has 0 spiro atoms. The third-order valence-corrected chi connectivity index (χ3v) is 5.36. The van der Waals surface area contributed by atoms with E-state index < -0.39 is 11.7 Å². The van der Waals surface area contributed by atoms with Crippen LogP contribution in [0.4, 0.5) is 13.2 Å². The van der Waals surface area contributed by atoms with Crippen molar-refractivity contribution in [2.45, 2.75) is 49.6 Å². The van der Waals surface area contributed by atoms with E-state index in [4.69, 9.17) is 5.84 Å². The Morgan fingerprint density at radius 1 is 1.14 bits per heavy atom. The van der Waals surface area contributed by atoms with Crippen LogP contribution in [0.15, 0.2) is 24.3 Å². The molecule has 0 aromatic heterocycles. The average molecular weight is 318 g/mol. The lowest BCUT2D eigenvalue weighted by Gasteiger charge is -2.24. The van der Waals surface area contributed by atoms with Crippen LogP contribution in [0.2, 0.25) is 0 Å². The fraction of sp³-hybridized carbons (Fsp3) is 0.600. The van der Waals surface area contributed by atoms with Gasteiger partial charge in [-0.25, -0.2) is 0 Å². The molecule has 0 bridgehead atoms. The van der Waals surface area contributed by atoms with E-state index >= 15 is 0 Å². The molecule has 2 rings (SSSR count). The van der Waals surface area contributed by atoms with Gasteiger partial charge in [-0.1, -0.05) is 31.4 Å². The second-order valence-electron chi connectivity index (χ2n) is 5.43. The van der Waals surface area contributed by atoms with Gasteiger partial charge in [-0.05, 0) is 30.5 Å². The van der Waals surface area contributed by atoms with E-state index in [-0.39, 0.29) is 6.04 Å². The second-order valence-corrected chi connectivity index (χ2v) is 6.77. The molecule has 1 aliphatic rings. The highest BCUT2D eigenvalue weighted by Gasteiger charge is 2.30. The van der Waals surface area contributed by atoms with Gasteiger partial charge in [0.2, 0.25) is 0 Å². The van der Waals surface area contributed by atoms with Crippen LogP contribution in [0.3, 0.4) is 0 Å². The molecule has 1 aromatic rings. The first-order valence-electron chi connectivity index (χ1n) is 7.25. The molecule has 1 saturated carbocycles. The molecule has 1 unspecified atom stereocenters. The predicted molar refractivity (Wildman–Crippen MR) is 80.8 cm³/mol. The van der Waals surface area contributed by atoms with Crippen molar-refractivity contribution < 1.29 is 13.2 Å². The zero-order valence-electron chi connectivity index (χ0n) is 11.8. The number of nitrogens with one attached hydrogen (secondary N) is 1. The number of hydrogen-bond acceptors (Lipinski definition) is 3. The molecule has 0 saturated heterocycles. The van der Waals surface area contributed by atoms with Crippen molar-refractivity contribution in [1.29, 1.82) is 0 Å². The number of hydrogen-bond donors (Lipinski definition) is 2. The van der Waals surface area contributed by atoms with Crippen LogP contribution in [-0.4, -0.2) is 11.0 Å². The zero-order valence-corrected chi connectivity index (χ0v) is 12.6. The molecular weight excluding hydrogens is 297 g/mol. The molecule has 6 heteroatoms. The summed E-state index contributed by atoms with van der Waals surface area (Å²) in [6.07, 6.45) is 2.04. The number of rotatable bonds is 5. The molecule has 3 N–H and O–H groups in total. The summed E-state index contributed by atoms with van der Waals surface area (Å²) in [6.45, 7) is 0. The average Bonchev–Trinajstić information content (AvgIpc) is 2.48. The van der Waals surface area contributed by atoms with Crippen LogP contribution in [0.5, 0.6) is 0 Å². The highest BCUT2D eigenvalue weighted by atomic mass is 32.2. The van der Waals surface area contributed by atoms with Gasteiger partial charge in [-0.15, -0.1) is 0 Å². The SMILES string of the molecule is NNC(CSC1CCCCC1)c1ccc(C(F)(F)F)cc1. The van der Waals surface area contributed by atoms with Crippen LogP contribution in [0, 0.1) is 0 Å². The minimum Gasteiger partial charge on any atom is -0.271 e. The smallest absolute Gasteiger partial charge is 0.271 e. The molecule has 1 aliphatic carbocycles. The summed E-state index contributed by atoms with van der Waals surface area (Å²) in [5.74, 6) is 6.34. The van der Waals surface area contributed by atoms with Crippen LogP contribution in [0.25, 0.3) is 0 Å². The maximum atomic E-state index is 12.5. The van der Waals surface area contributed by atoms with E-state index in [0.29, 0.717) is 5.25 Å². The first-order chi connectivity index (χ1) is 10.0. The van der Waals surface area contributed by atoms with E-state index in [9.17, 15) is 13.2 Å². The summed E-state index contributed by atoms with van der Waals surface area (Å²) in [7, 11) is 0. The van der Waals surface area contributed by atoms with E-state index in [2.05, 4.69) is 5.43 Å². The Labute approximate surface area is 127 Å². The van der Waals surface area contributed by atoms with Crippen molar-refractivity contribution >= 4 is 11.8 Å². The molecule has 0 radical (unpaired) electrons. The normalized spacial score (nSPS) is 18.7. The molecule has 1 aromatic carbocycles. The predicted octanol–water partition coefficient (Wildman–Crippen LogP) is 4.28. The van der Waals surface area contributed by atoms with Crippen molar-refractivity contribution in [2.24, 2.45) is 5.84 Å². The lowest BCUT2D eigenvalue weighted by Crippen LogP contribution is -2.30. The lowest BCUT2D eigenvalue weighted by atomic mass is 10.0. The number of nitrogens with two attached hydrogens (primary N) is 1. The molecule has 118 valence electrons. The molecule has 21 heavy (non-hydrogen) atoms. The van der Waals surface area contributed by atoms with Gasteiger partial charge in [0, 0.05) is 11.0 Å². The van der Waals surface area contributed by atoms with Crippen LogP contribution < -0.4 is 11.3 Å². The Morgan fingerprint density at radius 3 is 2.29 bits per heavy atom. The van der Waals surface area contributed by atoms with Gasteiger partial charge >= 0.3 is 6.18 Å². The number of benzene rings is 1. The second kappa shape index (κ2) is 7.51. The largest absolute Gasteiger partial charge is 0.416 e. The molecule has 2 nitrogen and oxygen atoms in total. The molecule has 1 fully saturated rings. The standard InChI is InChI=1S/C15H21F3N2S/c16-15(17,18)12-8-6-11(7-9-12)14(20-19)10-21-13-4-2-1-3-5-13/h6-9,13-14,20H,1-5,10,19H2. The van der Waals surface area contributed by atoms with Crippen LogP contribution >= 0.6 is 11.8 Å². The minimum absolute atomic E-state index is 0.112. The Hall–Kier alpha value is -0.720. The van der Waals surface area contributed by atoms with E-state index in [1.54, 1.807) is 0 Å². The van der Waals surface area contributed by atoms with Crippen molar-refractivity contribution in [2.75, 3.05) is 5.75 Å². The van der Waals surface area contributed by atoms with Crippen molar-refractivity contribution in [3.8, 4) is 0 Å². The third kappa shape index (κ3) is 4.90.